The van der Waals surface area contributed by atoms with Gasteiger partial charge in [0.05, 0.1) is 11.9 Å². The van der Waals surface area contributed by atoms with E-state index in [-0.39, 0.29) is 0 Å². The topological polar surface area (TPSA) is 55.1 Å². The fourth-order valence-electron chi connectivity index (χ4n) is 3.35. The molecule has 0 saturated heterocycles. The second-order valence-corrected chi connectivity index (χ2v) is 7.76. The first-order chi connectivity index (χ1) is 14.8. The molecule has 30 heavy (non-hydrogen) atoms. The first-order valence-electron chi connectivity index (χ1n) is 9.63. The van der Waals surface area contributed by atoms with Crippen LogP contribution in [0.1, 0.15) is 11.1 Å². The van der Waals surface area contributed by atoms with Crippen LogP contribution < -0.4 is 5.43 Å². The summed E-state index contributed by atoms with van der Waals surface area (Å²) in [4.78, 5) is 8.78. The molecule has 0 fully saturated rings. The lowest BCUT2D eigenvalue weighted by Crippen LogP contribution is -1.98. The zero-order valence-corrected chi connectivity index (χ0v) is 17.0. The van der Waals surface area contributed by atoms with Crippen LogP contribution in [-0.2, 0) is 6.54 Å². The standard InChI is InChI=1S/C24H19N5S/c1-2-6-20(7-3-1)22-17-30-24(27-22)28-26-15-18-8-9-23-21(13-18)10-12-29(23)16-19-5-4-11-25-14-19/h1-15,17H,16H2,(H,27,28). The number of hydrogen-bond acceptors (Lipinski definition) is 5. The zero-order valence-electron chi connectivity index (χ0n) is 16.1. The summed E-state index contributed by atoms with van der Waals surface area (Å²) >= 11 is 1.54. The van der Waals surface area contributed by atoms with Crippen molar-refractivity contribution in [1.29, 1.82) is 0 Å². The van der Waals surface area contributed by atoms with Gasteiger partial charge in [0.15, 0.2) is 0 Å². The van der Waals surface area contributed by atoms with E-state index in [1.807, 2.05) is 42.1 Å². The van der Waals surface area contributed by atoms with Gasteiger partial charge in [-0.3, -0.25) is 10.4 Å². The Hall–Kier alpha value is -3.77. The minimum Gasteiger partial charge on any atom is -0.343 e. The summed E-state index contributed by atoms with van der Waals surface area (Å²) in [7, 11) is 0. The number of nitrogens with one attached hydrogen (secondary N) is 1. The number of hydrazone groups is 1. The van der Waals surface area contributed by atoms with Crippen LogP contribution in [0.2, 0.25) is 0 Å². The Kier molecular flexibility index (Phi) is 5.06. The number of pyridine rings is 1. The van der Waals surface area contributed by atoms with Gasteiger partial charge in [0.25, 0.3) is 0 Å². The molecule has 0 saturated carbocycles. The van der Waals surface area contributed by atoms with Gasteiger partial charge in [-0.25, -0.2) is 4.98 Å². The van der Waals surface area contributed by atoms with Crippen LogP contribution in [0.3, 0.4) is 0 Å². The van der Waals surface area contributed by atoms with Gasteiger partial charge in [0, 0.05) is 47.0 Å². The Balaban J connectivity index is 1.28. The lowest BCUT2D eigenvalue weighted by atomic mass is 10.2. The van der Waals surface area contributed by atoms with Crippen LogP contribution in [0.4, 0.5) is 5.13 Å². The largest absolute Gasteiger partial charge is 0.343 e. The summed E-state index contributed by atoms with van der Waals surface area (Å²) in [5.74, 6) is 0. The van der Waals surface area contributed by atoms with Gasteiger partial charge in [-0.2, -0.15) is 5.10 Å². The quantitative estimate of drug-likeness (QED) is 0.291. The van der Waals surface area contributed by atoms with Gasteiger partial charge < -0.3 is 4.57 Å². The number of nitrogens with zero attached hydrogens (tertiary/aromatic N) is 4. The molecule has 5 nitrogen and oxygen atoms in total. The third-order valence-corrected chi connectivity index (χ3v) is 5.57. The lowest BCUT2D eigenvalue weighted by molar-refractivity contribution is 0.831. The highest BCUT2D eigenvalue weighted by Crippen LogP contribution is 2.24. The fraction of sp³-hybridized carbons (Fsp3) is 0.0417. The van der Waals surface area contributed by atoms with E-state index in [0.29, 0.717) is 0 Å². The molecule has 0 aliphatic rings. The van der Waals surface area contributed by atoms with E-state index in [9.17, 15) is 0 Å². The maximum Gasteiger partial charge on any atom is 0.203 e. The summed E-state index contributed by atoms with van der Waals surface area (Å²) in [5.41, 5.74) is 8.50. The van der Waals surface area contributed by atoms with E-state index in [1.165, 1.54) is 16.5 Å². The van der Waals surface area contributed by atoms with Crippen molar-refractivity contribution in [3.8, 4) is 11.3 Å². The highest BCUT2D eigenvalue weighted by Gasteiger charge is 2.04. The molecule has 5 rings (SSSR count). The van der Waals surface area contributed by atoms with Gasteiger partial charge in [-0.1, -0.05) is 42.5 Å². The van der Waals surface area contributed by atoms with Crippen LogP contribution in [0.15, 0.2) is 95.8 Å². The van der Waals surface area contributed by atoms with Gasteiger partial charge in [-0.05, 0) is 35.4 Å². The molecule has 0 bridgehead atoms. The maximum absolute atomic E-state index is 4.59. The molecule has 1 N–H and O–H groups in total. The van der Waals surface area contributed by atoms with Crippen molar-refractivity contribution in [2.45, 2.75) is 6.54 Å². The number of thiazole rings is 1. The van der Waals surface area contributed by atoms with E-state index in [0.717, 1.165) is 28.5 Å². The van der Waals surface area contributed by atoms with E-state index in [4.69, 9.17) is 0 Å². The molecule has 3 aromatic heterocycles. The molecule has 0 aliphatic heterocycles. The number of anilines is 1. The van der Waals surface area contributed by atoms with Gasteiger partial charge in [-0.15, -0.1) is 11.3 Å². The first-order valence-corrected chi connectivity index (χ1v) is 10.5. The molecule has 0 radical (unpaired) electrons. The fourth-order valence-corrected chi connectivity index (χ4v) is 4.02. The molecule has 0 unspecified atom stereocenters. The summed E-state index contributed by atoms with van der Waals surface area (Å²) < 4.78 is 2.23. The van der Waals surface area contributed by atoms with Crippen molar-refractivity contribution in [2.24, 2.45) is 5.10 Å². The number of benzene rings is 2. The third kappa shape index (κ3) is 3.99. The molecule has 0 aliphatic carbocycles. The van der Waals surface area contributed by atoms with Crippen molar-refractivity contribution >= 4 is 33.6 Å². The Bertz CT molecular complexity index is 1290. The van der Waals surface area contributed by atoms with Gasteiger partial charge >= 0.3 is 0 Å². The Labute approximate surface area is 178 Å². The second kappa shape index (κ2) is 8.31. The zero-order chi connectivity index (χ0) is 20.2. The van der Waals surface area contributed by atoms with Crippen molar-refractivity contribution in [3.05, 3.63) is 102 Å². The van der Waals surface area contributed by atoms with Gasteiger partial charge in [0.2, 0.25) is 5.13 Å². The van der Waals surface area contributed by atoms with Crippen molar-refractivity contribution in [3.63, 3.8) is 0 Å². The molecule has 0 spiro atoms. The highest BCUT2D eigenvalue weighted by molar-refractivity contribution is 7.14. The van der Waals surface area contributed by atoms with E-state index < -0.39 is 0 Å². The van der Waals surface area contributed by atoms with Crippen LogP contribution in [-0.4, -0.2) is 20.7 Å². The van der Waals surface area contributed by atoms with Gasteiger partial charge in [0.1, 0.15) is 0 Å². The molecular formula is C24H19N5S. The Morgan fingerprint density at radius 1 is 1.03 bits per heavy atom. The number of rotatable bonds is 6. The van der Waals surface area contributed by atoms with Crippen LogP contribution >= 0.6 is 11.3 Å². The molecule has 0 amide bonds. The maximum atomic E-state index is 4.59. The smallest absolute Gasteiger partial charge is 0.203 e. The average Bonchev–Trinajstić information content (AvgIpc) is 3.42. The van der Waals surface area contributed by atoms with Crippen molar-refractivity contribution in [1.82, 2.24) is 14.5 Å². The molecule has 2 aromatic carbocycles. The van der Waals surface area contributed by atoms with E-state index >= 15 is 0 Å². The first kappa shape index (κ1) is 18.3. The molecule has 3 heterocycles. The molecular weight excluding hydrogens is 390 g/mol. The number of aromatic nitrogens is 3. The summed E-state index contributed by atoms with van der Waals surface area (Å²) in [5, 5.41) is 8.35. The molecule has 6 heteroatoms. The third-order valence-electron chi connectivity index (χ3n) is 4.82. The SMILES string of the molecule is C(=NNc1nc(-c2ccccc2)cs1)c1ccc2c(ccn2Cc2cccnc2)c1. The normalized spacial score (nSPS) is 11.3. The van der Waals surface area contributed by atoms with Crippen molar-refractivity contribution in [2.75, 3.05) is 5.43 Å². The molecule has 0 atom stereocenters. The number of fused-ring (bicyclic) bond motifs is 1. The van der Waals surface area contributed by atoms with Crippen molar-refractivity contribution < 1.29 is 0 Å². The van der Waals surface area contributed by atoms with Crippen LogP contribution in [0.5, 0.6) is 0 Å². The Morgan fingerprint density at radius 2 is 1.97 bits per heavy atom. The predicted molar refractivity (Wildman–Crippen MR) is 124 cm³/mol. The number of hydrogen-bond donors (Lipinski definition) is 1. The minimum absolute atomic E-state index is 0.772. The summed E-state index contributed by atoms with van der Waals surface area (Å²) in [6, 6.07) is 22.7. The molecule has 146 valence electrons. The summed E-state index contributed by atoms with van der Waals surface area (Å²) in [6.45, 7) is 0.806. The van der Waals surface area contributed by atoms with Crippen LogP contribution in [0, 0.1) is 0 Å². The minimum atomic E-state index is 0.772. The van der Waals surface area contributed by atoms with E-state index in [2.05, 4.69) is 73.7 Å². The molecule has 5 aromatic rings. The predicted octanol–water partition coefficient (Wildman–Crippen LogP) is 5.65. The summed E-state index contributed by atoms with van der Waals surface area (Å²) in [6.07, 6.45) is 7.63. The average molecular weight is 410 g/mol. The monoisotopic (exact) mass is 409 g/mol. The van der Waals surface area contributed by atoms with Crippen LogP contribution in [0.25, 0.3) is 22.2 Å². The highest BCUT2D eigenvalue weighted by atomic mass is 32.1. The second-order valence-electron chi connectivity index (χ2n) is 6.90. The van der Waals surface area contributed by atoms with E-state index in [1.54, 1.807) is 17.5 Å². The Morgan fingerprint density at radius 3 is 2.83 bits per heavy atom. The lowest BCUT2D eigenvalue weighted by Gasteiger charge is -2.05.